The third-order valence-electron chi connectivity index (χ3n) is 3.90. The summed E-state index contributed by atoms with van der Waals surface area (Å²) < 4.78 is 27.1. The maximum atomic E-state index is 12.8. The number of anilines is 1. The van der Waals surface area contributed by atoms with E-state index in [1.807, 2.05) is 13.8 Å². The number of nitrogens with two attached hydrogens (primary N) is 2. The third-order valence-corrected chi connectivity index (χ3v) is 5.90. The summed E-state index contributed by atoms with van der Waals surface area (Å²) in [6.07, 6.45) is 1.71. The summed E-state index contributed by atoms with van der Waals surface area (Å²) >= 11 is 0. The molecule has 7 heteroatoms. The molecule has 1 heterocycles. The van der Waals surface area contributed by atoms with Gasteiger partial charge in [-0.1, -0.05) is 13.8 Å². The van der Waals surface area contributed by atoms with E-state index in [9.17, 15) is 13.2 Å². The smallest absolute Gasteiger partial charge is 0.248 e. The Balaban J connectivity index is 2.42. The molecule has 0 radical (unpaired) electrons. The van der Waals surface area contributed by atoms with Gasteiger partial charge in [0.2, 0.25) is 15.9 Å². The molecule has 2 rings (SSSR count). The van der Waals surface area contributed by atoms with E-state index in [2.05, 4.69) is 0 Å². The van der Waals surface area contributed by atoms with E-state index in [4.69, 9.17) is 11.5 Å². The molecule has 1 saturated heterocycles. The predicted octanol–water partition coefficient (Wildman–Crippen LogP) is 1.18. The van der Waals surface area contributed by atoms with Gasteiger partial charge in [0.15, 0.2) is 0 Å². The molecule has 21 heavy (non-hydrogen) atoms. The van der Waals surface area contributed by atoms with E-state index < -0.39 is 15.9 Å². The van der Waals surface area contributed by atoms with Crippen LogP contribution in [0, 0.1) is 5.92 Å². The van der Waals surface area contributed by atoms with Crippen molar-refractivity contribution < 1.29 is 13.2 Å². The van der Waals surface area contributed by atoms with Gasteiger partial charge in [-0.15, -0.1) is 0 Å². The highest BCUT2D eigenvalue weighted by atomic mass is 32.2. The number of nitrogens with zero attached hydrogens (tertiary/aromatic N) is 1. The fourth-order valence-electron chi connectivity index (χ4n) is 2.79. The van der Waals surface area contributed by atoms with Crippen molar-refractivity contribution in [1.82, 2.24) is 4.31 Å². The van der Waals surface area contributed by atoms with Crippen molar-refractivity contribution in [3.63, 3.8) is 0 Å². The van der Waals surface area contributed by atoms with Crippen molar-refractivity contribution in [1.29, 1.82) is 0 Å². The zero-order chi connectivity index (χ0) is 15.8. The molecule has 0 spiro atoms. The molecule has 4 N–H and O–H groups in total. The van der Waals surface area contributed by atoms with Crippen molar-refractivity contribution in [3.05, 3.63) is 23.8 Å². The Kier molecular flexibility index (Phi) is 4.25. The number of carbonyl (C=O) groups excluding carboxylic acids is 1. The molecule has 116 valence electrons. The molecular weight excluding hydrogens is 290 g/mol. The fourth-order valence-corrected chi connectivity index (χ4v) is 4.72. The first-order valence-electron chi connectivity index (χ1n) is 6.96. The fraction of sp³-hybridized carbons (Fsp3) is 0.500. The largest absolute Gasteiger partial charge is 0.398 e. The highest BCUT2D eigenvalue weighted by Crippen LogP contribution is 2.32. The van der Waals surface area contributed by atoms with Crippen LogP contribution in [0.25, 0.3) is 0 Å². The lowest BCUT2D eigenvalue weighted by molar-refractivity contribution is 0.1000. The molecule has 1 aromatic rings. The lowest BCUT2D eigenvalue weighted by atomic mass is 10.0. The maximum Gasteiger partial charge on any atom is 0.248 e. The summed E-state index contributed by atoms with van der Waals surface area (Å²) in [4.78, 5) is 11.2. The Morgan fingerprint density at radius 1 is 1.38 bits per heavy atom. The van der Waals surface area contributed by atoms with Gasteiger partial charge in [0.1, 0.15) is 4.90 Å². The van der Waals surface area contributed by atoms with Crippen LogP contribution in [0.15, 0.2) is 23.1 Å². The normalized spacial score (nSPS) is 20.0. The molecule has 0 aromatic heterocycles. The van der Waals surface area contributed by atoms with Crippen LogP contribution in [-0.2, 0) is 10.0 Å². The van der Waals surface area contributed by atoms with Crippen LogP contribution in [0.3, 0.4) is 0 Å². The minimum atomic E-state index is -3.65. The molecule has 1 unspecified atom stereocenters. The van der Waals surface area contributed by atoms with Gasteiger partial charge >= 0.3 is 0 Å². The summed E-state index contributed by atoms with van der Waals surface area (Å²) in [7, 11) is -3.65. The Morgan fingerprint density at radius 2 is 2.05 bits per heavy atom. The standard InChI is InChI=1S/C14H21N3O3S/c1-9(2)12-4-3-7-17(12)21(19,20)13-6-5-10(14(16)18)8-11(13)15/h5-6,8-9,12H,3-4,7,15H2,1-2H3,(H2,16,18). The van der Waals surface area contributed by atoms with Crippen molar-refractivity contribution in [2.45, 2.75) is 37.6 Å². The van der Waals surface area contributed by atoms with E-state index in [0.717, 1.165) is 12.8 Å². The summed E-state index contributed by atoms with van der Waals surface area (Å²) in [5.41, 5.74) is 11.3. The van der Waals surface area contributed by atoms with Crippen LogP contribution in [-0.4, -0.2) is 31.2 Å². The molecule has 1 aliphatic rings. The van der Waals surface area contributed by atoms with E-state index in [1.165, 1.54) is 22.5 Å². The summed E-state index contributed by atoms with van der Waals surface area (Å²) in [6, 6.07) is 4.06. The maximum absolute atomic E-state index is 12.8. The van der Waals surface area contributed by atoms with Crippen molar-refractivity contribution in [3.8, 4) is 0 Å². The summed E-state index contributed by atoms with van der Waals surface area (Å²) in [5.74, 6) is -0.389. The second-order valence-corrected chi connectivity index (χ2v) is 7.55. The molecular formula is C14H21N3O3S. The molecule has 1 fully saturated rings. The van der Waals surface area contributed by atoms with Gasteiger partial charge in [0.05, 0.1) is 5.69 Å². The van der Waals surface area contributed by atoms with Gasteiger partial charge in [0, 0.05) is 18.2 Å². The highest BCUT2D eigenvalue weighted by Gasteiger charge is 2.37. The number of amides is 1. The first kappa shape index (κ1) is 15.8. The molecule has 1 aliphatic heterocycles. The molecule has 0 bridgehead atoms. The van der Waals surface area contributed by atoms with Gasteiger partial charge in [0.25, 0.3) is 0 Å². The number of sulfonamides is 1. The topological polar surface area (TPSA) is 106 Å². The minimum absolute atomic E-state index is 0.00906. The van der Waals surface area contributed by atoms with Crippen molar-refractivity contribution >= 4 is 21.6 Å². The number of carbonyl (C=O) groups is 1. The second kappa shape index (κ2) is 5.65. The average Bonchev–Trinajstić information content (AvgIpc) is 2.88. The Morgan fingerprint density at radius 3 is 2.57 bits per heavy atom. The molecule has 1 atom stereocenters. The SMILES string of the molecule is CC(C)C1CCCN1S(=O)(=O)c1ccc(C(N)=O)cc1N. The third kappa shape index (κ3) is 2.89. The first-order valence-corrected chi connectivity index (χ1v) is 8.40. The summed E-state index contributed by atoms with van der Waals surface area (Å²) in [5, 5.41) is 0. The van der Waals surface area contributed by atoms with Crippen LogP contribution in [0.2, 0.25) is 0 Å². The van der Waals surface area contributed by atoms with Crippen molar-refractivity contribution in [2.24, 2.45) is 11.7 Å². The molecule has 6 nitrogen and oxygen atoms in total. The molecule has 0 aliphatic carbocycles. The zero-order valence-electron chi connectivity index (χ0n) is 12.2. The summed E-state index contributed by atoms with van der Waals surface area (Å²) in [6.45, 7) is 4.53. The number of hydrogen-bond acceptors (Lipinski definition) is 4. The van der Waals surface area contributed by atoms with Crippen LogP contribution in [0.4, 0.5) is 5.69 Å². The average molecular weight is 311 g/mol. The van der Waals surface area contributed by atoms with Gasteiger partial charge in [-0.25, -0.2) is 8.42 Å². The monoisotopic (exact) mass is 311 g/mol. The van der Waals surface area contributed by atoms with Crippen molar-refractivity contribution in [2.75, 3.05) is 12.3 Å². The van der Waals surface area contributed by atoms with Crippen LogP contribution >= 0.6 is 0 Å². The van der Waals surface area contributed by atoms with E-state index in [0.29, 0.717) is 6.54 Å². The van der Waals surface area contributed by atoms with E-state index in [-0.39, 0.29) is 28.1 Å². The Labute approximate surface area is 125 Å². The van der Waals surface area contributed by atoms with Crippen LogP contribution in [0.5, 0.6) is 0 Å². The number of rotatable bonds is 4. The first-order chi connectivity index (χ1) is 9.75. The van der Waals surface area contributed by atoms with E-state index in [1.54, 1.807) is 0 Å². The van der Waals surface area contributed by atoms with Gasteiger partial charge in [-0.05, 0) is 37.0 Å². The molecule has 0 saturated carbocycles. The van der Waals surface area contributed by atoms with Gasteiger partial charge in [-0.3, -0.25) is 4.79 Å². The zero-order valence-corrected chi connectivity index (χ0v) is 13.1. The van der Waals surface area contributed by atoms with Gasteiger partial charge < -0.3 is 11.5 Å². The minimum Gasteiger partial charge on any atom is -0.398 e. The van der Waals surface area contributed by atoms with Crippen LogP contribution < -0.4 is 11.5 Å². The van der Waals surface area contributed by atoms with Crippen LogP contribution in [0.1, 0.15) is 37.0 Å². The number of benzene rings is 1. The lowest BCUT2D eigenvalue weighted by Gasteiger charge is -2.27. The second-order valence-electron chi connectivity index (χ2n) is 5.69. The quantitative estimate of drug-likeness (QED) is 0.814. The number of hydrogen-bond donors (Lipinski definition) is 2. The van der Waals surface area contributed by atoms with Gasteiger partial charge in [-0.2, -0.15) is 4.31 Å². The number of primary amides is 1. The number of nitrogen functional groups attached to an aromatic ring is 1. The van der Waals surface area contributed by atoms with E-state index >= 15 is 0 Å². The highest BCUT2D eigenvalue weighted by molar-refractivity contribution is 7.89. The molecule has 1 aromatic carbocycles. The Hall–Kier alpha value is -1.60. The lowest BCUT2D eigenvalue weighted by Crippen LogP contribution is -2.38. The Bertz CT molecular complexity index is 655. The molecule has 1 amide bonds. The predicted molar refractivity (Wildman–Crippen MR) is 81.1 cm³/mol.